The molecule has 6 heteroatoms. The van der Waals surface area contributed by atoms with Gasteiger partial charge in [0.1, 0.15) is 0 Å². The molecule has 128 valence electrons. The summed E-state index contributed by atoms with van der Waals surface area (Å²) in [7, 11) is 0. The normalized spacial score (nSPS) is 10.4. The maximum Gasteiger partial charge on any atom is 0.170 e. The number of hydrogen-bond acceptors (Lipinski definition) is 2. The molecule has 4 nitrogen and oxygen atoms in total. The van der Waals surface area contributed by atoms with Crippen LogP contribution in [0.1, 0.15) is 11.1 Å². The van der Waals surface area contributed by atoms with Crippen LogP contribution in [0.3, 0.4) is 0 Å². The van der Waals surface area contributed by atoms with Crippen LogP contribution in [0.2, 0.25) is 5.02 Å². The number of rotatable bonds is 6. The van der Waals surface area contributed by atoms with Crippen molar-refractivity contribution >= 4 is 34.6 Å². The Balaban J connectivity index is 1.50. The summed E-state index contributed by atoms with van der Waals surface area (Å²) in [6, 6.07) is 18.4. The van der Waals surface area contributed by atoms with Gasteiger partial charge >= 0.3 is 0 Å². The SMILES string of the molecule is S=C(NCCc1ccccc1)Nc1cccc(Cn2cc(Cl)cn2)c1. The second-order valence-corrected chi connectivity index (χ2v) is 6.52. The standard InChI is InChI=1S/C19H19ClN4S/c20-17-12-22-24(14-17)13-16-7-4-8-18(11-16)23-19(25)21-10-9-15-5-2-1-3-6-15/h1-8,11-12,14H,9-10,13H2,(H2,21,23,25). The lowest BCUT2D eigenvalue weighted by Gasteiger charge is -2.12. The quantitative estimate of drug-likeness (QED) is 0.641. The Morgan fingerprint density at radius 2 is 1.88 bits per heavy atom. The average molecular weight is 371 g/mol. The van der Waals surface area contributed by atoms with E-state index < -0.39 is 0 Å². The summed E-state index contributed by atoms with van der Waals surface area (Å²) in [6.45, 7) is 1.46. The molecule has 0 spiro atoms. The molecule has 1 heterocycles. The van der Waals surface area contributed by atoms with Crippen LogP contribution < -0.4 is 10.6 Å². The molecule has 0 aliphatic heterocycles. The monoisotopic (exact) mass is 370 g/mol. The fraction of sp³-hybridized carbons (Fsp3) is 0.158. The van der Waals surface area contributed by atoms with E-state index in [4.69, 9.17) is 23.8 Å². The van der Waals surface area contributed by atoms with Crippen LogP contribution in [-0.2, 0) is 13.0 Å². The summed E-state index contributed by atoms with van der Waals surface area (Å²) >= 11 is 11.3. The molecule has 0 fully saturated rings. The highest BCUT2D eigenvalue weighted by Crippen LogP contribution is 2.13. The van der Waals surface area contributed by atoms with Crippen LogP contribution in [0.15, 0.2) is 67.0 Å². The first-order valence-electron chi connectivity index (χ1n) is 8.05. The molecule has 0 aliphatic rings. The fourth-order valence-electron chi connectivity index (χ4n) is 2.50. The van der Waals surface area contributed by atoms with E-state index in [9.17, 15) is 0 Å². The van der Waals surface area contributed by atoms with Gasteiger partial charge in [0.05, 0.1) is 17.8 Å². The highest BCUT2D eigenvalue weighted by molar-refractivity contribution is 7.80. The predicted molar refractivity (Wildman–Crippen MR) is 107 cm³/mol. The molecular weight excluding hydrogens is 352 g/mol. The Bertz CT molecular complexity index is 832. The first-order chi connectivity index (χ1) is 12.2. The molecule has 0 saturated heterocycles. The van der Waals surface area contributed by atoms with Gasteiger partial charge in [-0.3, -0.25) is 4.68 Å². The van der Waals surface area contributed by atoms with Crippen molar-refractivity contribution in [2.45, 2.75) is 13.0 Å². The van der Waals surface area contributed by atoms with Crippen LogP contribution >= 0.6 is 23.8 Å². The maximum absolute atomic E-state index is 5.90. The number of aromatic nitrogens is 2. The van der Waals surface area contributed by atoms with Gasteiger partial charge in [0.2, 0.25) is 0 Å². The average Bonchev–Trinajstić information content (AvgIpc) is 3.01. The van der Waals surface area contributed by atoms with Crippen molar-refractivity contribution in [3.8, 4) is 0 Å². The van der Waals surface area contributed by atoms with Gasteiger partial charge in [0.15, 0.2) is 5.11 Å². The van der Waals surface area contributed by atoms with Gasteiger partial charge in [-0.05, 0) is 41.9 Å². The molecule has 0 atom stereocenters. The molecule has 25 heavy (non-hydrogen) atoms. The lowest BCUT2D eigenvalue weighted by molar-refractivity contribution is 0.687. The topological polar surface area (TPSA) is 41.9 Å². The van der Waals surface area contributed by atoms with Gasteiger partial charge in [-0.2, -0.15) is 5.10 Å². The summed E-state index contributed by atoms with van der Waals surface area (Å²) in [4.78, 5) is 0. The summed E-state index contributed by atoms with van der Waals surface area (Å²) in [5.41, 5.74) is 3.36. The van der Waals surface area contributed by atoms with E-state index in [-0.39, 0.29) is 0 Å². The van der Waals surface area contributed by atoms with Crippen molar-refractivity contribution in [3.05, 3.63) is 83.1 Å². The second kappa shape index (κ2) is 8.65. The number of nitrogens with zero attached hydrogens (tertiary/aromatic N) is 2. The summed E-state index contributed by atoms with van der Waals surface area (Å²) < 4.78 is 1.80. The minimum Gasteiger partial charge on any atom is -0.362 e. The van der Waals surface area contributed by atoms with Gasteiger partial charge in [0.25, 0.3) is 0 Å². The van der Waals surface area contributed by atoms with Gasteiger partial charge in [0, 0.05) is 18.4 Å². The third-order valence-corrected chi connectivity index (χ3v) is 4.11. The largest absolute Gasteiger partial charge is 0.362 e. The number of hydrogen-bond donors (Lipinski definition) is 2. The van der Waals surface area contributed by atoms with E-state index in [1.54, 1.807) is 17.1 Å². The zero-order chi connectivity index (χ0) is 17.5. The molecule has 3 rings (SSSR count). The van der Waals surface area contributed by atoms with Crippen LogP contribution in [0.4, 0.5) is 5.69 Å². The molecule has 0 aliphatic carbocycles. The Morgan fingerprint density at radius 1 is 1.08 bits per heavy atom. The molecule has 0 bridgehead atoms. The molecular formula is C19H19ClN4S. The van der Waals surface area contributed by atoms with Gasteiger partial charge in [-0.25, -0.2) is 0 Å². The second-order valence-electron chi connectivity index (χ2n) is 5.67. The van der Waals surface area contributed by atoms with Gasteiger partial charge < -0.3 is 10.6 Å². The summed E-state index contributed by atoms with van der Waals surface area (Å²) in [6.07, 6.45) is 4.37. The van der Waals surface area contributed by atoms with E-state index in [0.717, 1.165) is 24.2 Å². The van der Waals surface area contributed by atoms with Crippen LogP contribution in [0.25, 0.3) is 0 Å². The molecule has 0 radical (unpaired) electrons. The zero-order valence-corrected chi connectivity index (χ0v) is 15.2. The van der Waals surface area contributed by atoms with Crippen LogP contribution in [0.5, 0.6) is 0 Å². The lowest BCUT2D eigenvalue weighted by Crippen LogP contribution is -2.30. The highest BCUT2D eigenvalue weighted by atomic mass is 35.5. The lowest BCUT2D eigenvalue weighted by atomic mass is 10.1. The summed E-state index contributed by atoms with van der Waals surface area (Å²) in [5.74, 6) is 0. The van der Waals surface area contributed by atoms with Crippen molar-refractivity contribution in [3.63, 3.8) is 0 Å². The number of halogens is 1. The minimum atomic E-state index is 0.621. The third-order valence-electron chi connectivity index (χ3n) is 3.67. The third kappa shape index (κ3) is 5.59. The number of benzene rings is 2. The number of thiocarbonyl (C=S) groups is 1. The molecule has 0 saturated carbocycles. The Hall–Kier alpha value is -2.37. The van der Waals surface area contributed by atoms with E-state index in [1.807, 2.05) is 36.4 Å². The molecule has 0 unspecified atom stereocenters. The minimum absolute atomic E-state index is 0.621. The first-order valence-corrected chi connectivity index (χ1v) is 8.83. The van der Waals surface area contributed by atoms with Crippen molar-refractivity contribution in [2.24, 2.45) is 0 Å². The molecule has 0 amide bonds. The molecule has 1 aromatic heterocycles. The Kier molecular flexibility index (Phi) is 6.04. The van der Waals surface area contributed by atoms with E-state index in [0.29, 0.717) is 16.7 Å². The number of anilines is 1. The Morgan fingerprint density at radius 3 is 2.64 bits per heavy atom. The Labute approximate surface area is 157 Å². The van der Waals surface area contributed by atoms with Gasteiger partial charge in [-0.15, -0.1) is 0 Å². The molecule has 2 aromatic carbocycles. The van der Waals surface area contributed by atoms with Crippen LogP contribution in [0, 0.1) is 0 Å². The fourth-order valence-corrected chi connectivity index (χ4v) is 2.88. The van der Waals surface area contributed by atoms with Crippen LogP contribution in [-0.4, -0.2) is 21.4 Å². The number of nitrogens with one attached hydrogen (secondary N) is 2. The van der Waals surface area contributed by atoms with Crippen molar-refractivity contribution in [2.75, 3.05) is 11.9 Å². The predicted octanol–water partition coefficient (Wildman–Crippen LogP) is 4.11. The zero-order valence-electron chi connectivity index (χ0n) is 13.7. The van der Waals surface area contributed by atoms with E-state index >= 15 is 0 Å². The summed E-state index contributed by atoms with van der Waals surface area (Å²) in [5, 5.41) is 11.9. The van der Waals surface area contributed by atoms with E-state index in [1.165, 1.54) is 5.56 Å². The van der Waals surface area contributed by atoms with E-state index in [2.05, 4.69) is 33.9 Å². The smallest absolute Gasteiger partial charge is 0.170 e. The molecule has 2 N–H and O–H groups in total. The van der Waals surface area contributed by atoms with Gasteiger partial charge in [-0.1, -0.05) is 54.1 Å². The maximum atomic E-state index is 5.90. The van der Waals surface area contributed by atoms with Crippen molar-refractivity contribution < 1.29 is 0 Å². The highest BCUT2D eigenvalue weighted by Gasteiger charge is 2.02. The molecule has 3 aromatic rings. The van der Waals surface area contributed by atoms with Crippen molar-refractivity contribution in [1.82, 2.24) is 15.1 Å². The van der Waals surface area contributed by atoms with Crippen molar-refractivity contribution in [1.29, 1.82) is 0 Å². The first kappa shape index (κ1) is 17.5.